The Balaban J connectivity index is 2.32. The summed E-state index contributed by atoms with van der Waals surface area (Å²) in [5, 5.41) is 4.49. The third-order valence-electron chi connectivity index (χ3n) is 3.78. The van der Waals surface area contributed by atoms with Gasteiger partial charge in [0.1, 0.15) is 12.1 Å². The number of anilines is 2. The monoisotopic (exact) mass is 258 g/mol. The third kappa shape index (κ3) is 2.95. The van der Waals surface area contributed by atoms with Crippen LogP contribution in [0.15, 0.2) is 24.5 Å². The molecule has 0 amide bonds. The zero-order valence-corrected chi connectivity index (χ0v) is 11.9. The molecule has 102 valence electrons. The fourth-order valence-corrected chi connectivity index (χ4v) is 2.52. The SMILES string of the molecule is CCC(CC)C(C)Nc1ncnc2ccc(N)cc12. The molecule has 0 radical (unpaired) electrons. The van der Waals surface area contributed by atoms with Crippen molar-refractivity contribution >= 4 is 22.4 Å². The lowest BCUT2D eigenvalue weighted by molar-refractivity contribution is 0.437. The van der Waals surface area contributed by atoms with Gasteiger partial charge in [0.2, 0.25) is 0 Å². The number of benzene rings is 1. The summed E-state index contributed by atoms with van der Waals surface area (Å²) in [5.74, 6) is 1.52. The Morgan fingerprint density at radius 3 is 2.63 bits per heavy atom. The molecule has 0 aliphatic heterocycles. The van der Waals surface area contributed by atoms with Crippen LogP contribution in [0.3, 0.4) is 0 Å². The average molecular weight is 258 g/mol. The molecule has 0 saturated heterocycles. The van der Waals surface area contributed by atoms with Crippen molar-refractivity contribution in [1.82, 2.24) is 9.97 Å². The van der Waals surface area contributed by atoms with Gasteiger partial charge in [0.15, 0.2) is 0 Å². The highest BCUT2D eigenvalue weighted by Gasteiger charge is 2.15. The van der Waals surface area contributed by atoms with Gasteiger partial charge in [-0.2, -0.15) is 0 Å². The molecule has 0 aliphatic carbocycles. The zero-order chi connectivity index (χ0) is 13.8. The second-order valence-electron chi connectivity index (χ2n) is 5.01. The predicted molar refractivity (Wildman–Crippen MR) is 81.1 cm³/mol. The van der Waals surface area contributed by atoms with E-state index in [1.54, 1.807) is 6.33 Å². The molecule has 4 nitrogen and oxygen atoms in total. The first-order chi connectivity index (χ1) is 9.15. The molecule has 0 saturated carbocycles. The maximum Gasteiger partial charge on any atom is 0.137 e. The zero-order valence-electron chi connectivity index (χ0n) is 11.9. The van der Waals surface area contributed by atoms with E-state index in [0.29, 0.717) is 12.0 Å². The highest BCUT2D eigenvalue weighted by Crippen LogP contribution is 2.24. The molecular weight excluding hydrogens is 236 g/mol. The van der Waals surface area contributed by atoms with E-state index in [4.69, 9.17) is 5.73 Å². The van der Waals surface area contributed by atoms with Gasteiger partial charge in [0.25, 0.3) is 0 Å². The van der Waals surface area contributed by atoms with E-state index < -0.39 is 0 Å². The first kappa shape index (κ1) is 13.6. The van der Waals surface area contributed by atoms with Crippen molar-refractivity contribution in [3.63, 3.8) is 0 Å². The quantitative estimate of drug-likeness (QED) is 0.806. The predicted octanol–water partition coefficient (Wildman–Crippen LogP) is 3.45. The van der Waals surface area contributed by atoms with Crippen LogP contribution < -0.4 is 11.1 Å². The minimum atomic E-state index is 0.384. The summed E-state index contributed by atoms with van der Waals surface area (Å²) in [6.07, 6.45) is 3.92. The van der Waals surface area contributed by atoms with Gasteiger partial charge in [0, 0.05) is 17.1 Å². The highest BCUT2D eigenvalue weighted by molar-refractivity contribution is 5.91. The molecular formula is C15H22N4. The molecule has 1 unspecified atom stereocenters. The van der Waals surface area contributed by atoms with Crippen molar-refractivity contribution in [2.75, 3.05) is 11.1 Å². The fourth-order valence-electron chi connectivity index (χ4n) is 2.52. The first-order valence-electron chi connectivity index (χ1n) is 6.92. The number of nitrogen functional groups attached to an aromatic ring is 1. The molecule has 1 heterocycles. The third-order valence-corrected chi connectivity index (χ3v) is 3.78. The highest BCUT2D eigenvalue weighted by atomic mass is 15.0. The summed E-state index contributed by atoms with van der Waals surface area (Å²) >= 11 is 0. The molecule has 0 fully saturated rings. The number of aromatic nitrogens is 2. The van der Waals surface area contributed by atoms with Crippen molar-refractivity contribution in [2.45, 2.75) is 39.7 Å². The lowest BCUT2D eigenvalue weighted by Gasteiger charge is -2.23. The Bertz CT molecular complexity index is 549. The van der Waals surface area contributed by atoms with Crippen LogP contribution in [0.2, 0.25) is 0 Å². The van der Waals surface area contributed by atoms with Gasteiger partial charge in [-0.15, -0.1) is 0 Å². The molecule has 3 N–H and O–H groups in total. The topological polar surface area (TPSA) is 63.8 Å². The van der Waals surface area contributed by atoms with Gasteiger partial charge in [-0.05, 0) is 31.0 Å². The number of hydrogen-bond acceptors (Lipinski definition) is 4. The van der Waals surface area contributed by atoms with Crippen molar-refractivity contribution in [2.24, 2.45) is 5.92 Å². The van der Waals surface area contributed by atoms with Crippen LogP contribution in [0, 0.1) is 5.92 Å². The summed E-state index contributed by atoms with van der Waals surface area (Å²) in [7, 11) is 0. The second-order valence-corrected chi connectivity index (χ2v) is 5.01. The van der Waals surface area contributed by atoms with Crippen LogP contribution in [0.25, 0.3) is 10.9 Å². The molecule has 1 aromatic carbocycles. The normalized spacial score (nSPS) is 12.8. The molecule has 0 bridgehead atoms. The second kappa shape index (κ2) is 5.87. The van der Waals surface area contributed by atoms with Gasteiger partial charge in [-0.1, -0.05) is 26.7 Å². The van der Waals surface area contributed by atoms with Gasteiger partial charge in [0.05, 0.1) is 5.52 Å². The maximum absolute atomic E-state index is 5.85. The molecule has 4 heteroatoms. The van der Waals surface area contributed by atoms with Crippen LogP contribution in [-0.4, -0.2) is 16.0 Å². The number of nitrogens with one attached hydrogen (secondary N) is 1. The van der Waals surface area contributed by atoms with E-state index >= 15 is 0 Å². The molecule has 0 aliphatic rings. The standard InChI is InChI=1S/C15H22N4/c1-4-11(5-2)10(3)19-15-13-8-12(16)6-7-14(13)17-9-18-15/h6-11H,4-5,16H2,1-3H3,(H,17,18,19). The van der Waals surface area contributed by atoms with E-state index in [1.165, 1.54) is 0 Å². The summed E-state index contributed by atoms with van der Waals surface area (Å²) in [4.78, 5) is 8.63. The van der Waals surface area contributed by atoms with Crippen molar-refractivity contribution in [3.8, 4) is 0 Å². The lowest BCUT2D eigenvalue weighted by atomic mass is 9.95. The minimum Gasteiger partial charge on any atom is -0.399 e. The van der Waals surface area contributed by atoms with E-state index in [2.05, 4.69) is 36.1 Å². The molecule has 1 atom stereocenters. The molecule has 0 spiro atoms. The van der Waals surface area contributed by atoms with E-state index in [1.807, 2.05) is 18.2 Å². The van der Waals surface area contributed by atoms with Crippen molar-refractivity contribution in [3.05, 3.63) is 24.5 Å². The Kier molecular flexibility index (Phi) is 4.20. The van der Waals surface area contributed by atoms with Crippen molar-refractivity contribution in [1.29, 1.82) is 0 Å². The van der Waals surface area contributed by atoms with Crippen LogP contribution in [0.1, 0.15) is 33.6 Å². The van der Waals surface area contributed by atoms with Crippen molar-refractivity contribution < 1.29 is 0 Å². The maximum atomic E-state index is 5.85. The number of nitrogens with zero attached hydrogens (tertiary/aromatic N) is 2. The van der Waals surface area contributed by atoms with Gasteiger partial charge >= 0.3 is 0 Å². The van der Waals surface area contributed by atoms with Crippen LogP contribution in [0.4, 0.5) is 11.5 Å². The molecule has 2 aromatic rings. The first-order valence-corrected chi connectivity index (χ1v) is 6.92. The van der Waals surface area contributed by atoms with Gasteiger partial charge in [-0.25, -0.2) is 9.97 Å². The van der Waals surface area contributed by atoms with Crippen LogP contribution >= 0.6 is 0 Å². The van der Waals surface area contributed by atoms with Gasteiger partial charge < -0.3 is 11.1 Å². The largest absolute Gasteiger partial charge is 0.399 e. The Hall–Kier alpha value is -1.84. The summed E-state index contributed by atoms with van der Waals surface area (Å²) in [6, 6.07) is 6.11. The van der Waals surface area contributed by atoms with E-state index in [-0.39, 0.29) is 0 Å². The number of nitrogens with two attached hydrogens (primary N) is 1. The number of hydrogen-bond donors (Lipinski definition) is 2. The minimum absolute atomic E-state index is 0.384. The van der Waals surface area contributed by atoms with Crippen LogP contribution in [0.5, 0.6) is 0 Å². The molecule has 1 aromatic heterocycles. The Labute approximate surface area is 114 Å². The van der Waals surface area contributed by atoms with E-state index in [0.717, 1.165) is 35.2 Å². The Morgan fingerprint density at radius 1 is 1.21 bits per heavy atom. The fraction of sp³-hybridized carbons (Fsp3) is 0.467. The summed E-state index contributed by atoms with van der Waals surface area (Å²) in [5.41, 5.74) is 7.51. The molecule has 2 rings (SSSR count). The van der Waals surface area contributed by atoms with Gasteiger partial charge in [-0.3, -0.25) is 0 Å². The number of fused-ring (bicyclic) bond motifs is 1. The summed E-state index contributed by atoms with van der Waals surface area (Å²) < 4.78 is 0. The Morgan fingerprint density at radius 2 is 1.95 bits per heavy atom. The number of rotatable bonds is 5. The van der Waals surface area contributed by atoms with Crippen LogP contribution in [-0.2, 0) is 0 Å². The molecule has 19 heavy (non-hydrogen) atoms. The lowest BCUT2D eigenvalue weighted by Crippen LogP contribution is -2.25. The summed E-state index contributed by atoms with van der Waals surface area (Å²) in [6.45, 7) is 6.66. The average Bonchev–Trinajstić information content (AvgIpc) is 2.41. The van der Waals surface area contributed by atoms with E-state index in [9.17, 15) is 0 Å². The smallest absolute Gasteiger partial charge is 0.137 e.